The van der Waals surface area contributed by atoms with Gasteiger partial charge in [0.15, 0.2) is 0 Å². The van der Waals surface area contributed by atoms with Gasteiger partial charge in [0.05, 0.1) is 15.2 Å². The molecule has 0 unspecified atom stereocenters. The number of rotatable bonds is 8. The third-order valence-corrected chi connectivity index (χ3v) is 5.27. The first-order valence-corrected chi connectivity index (χ1v) is 8.78. The molecule has 0 aliphatic carbocycles. The Morgan fingerprint density at radius 1 is 1.32 bits per heavy atom. The van der Waals surface area contributed by atoms with E-state index in [1.807, 2.05) is 18.2 Å². The second-order valence-electron chi connectivity index (χ2n) is 5.78. The molecule has 0 radical (unpaired) electrons. The highest BCUT2D eigenvalue weighted by Gasteiger charge is 2.20. The summed E-state index contributed by atoms with van der Waals surface area (Å²) in [4.78, 5) is 16.5. The number of aryl methyl sites for hydroxylation is 1. The van der Waals surface area contributed by atoms with Crippen LogP contribution in [-0.2, 0) is 11.2 Å². The number of amides is 1. The van der Waals surface area contributed by atoms with Crippen LogP contribution in [0.2, 0.25) is 0 Å². The van der Waals surface area contributed by atoms with E-state index in [1.165, 1.54) is 4.70 Å². The molecule has 5 heteroatoms. The van der Waals surface area contributed by atoms with Crippen molar-refractivity contribution in [1.29, 1.82) is 0 Å². The lowest BCUT2D eigenvalue weighted by Crippen LogP contribution is -2.49. The summed E-state index contributed by atoms with van der Waals surface area (Å²) < 4.78 is 1.21. The Hall–Kier alpha value is -1.46. The number of fused-ring (bicyclic) bond motifs is 1. The summed E-state index contributed by atoms with van der Waals surface area (Å²) in [5.74, 6) is 0.0813. The van der Waals surface area contributed by atoms with Crippen LogP contribution in [0.4, 0.5) is 0 Å². The lowest BCUT2D eigenvalue weighted by molar-refractivity contribution is -0.121. The van der Waals surface area contributed by atoms with Gasteiger partial charge in [0.25, 0.3) is 0 Å². The van der Waals surface area contributed by atoms with Gasteiger partial charge in [0, 0.05) is 18.5 Å². The average molecular weight is 319 g/mol. The Balaban J connectivity index is 1.75. The Morgan fingerprint density at radius 3 is 2.73 bits per heavy atom. The molecule has 0 saturated heterocycles. The normalized spacial score (nSPS) is 11.8. The second-order valence-corrected chi connectivity index (χ2v) is 6.89. The van der Waals surface area contributed by atoms with Gasteiger partial charge in [0.1, 0.15) is 0 Å². The van der Waals surface area contributed by atoms with Gasteiger partial charge < -0.3 is 11.1 Å². The van der Waals surface area contributed by atoms with E-state index in [0.717, 1.165) is 36.2 Å². The minimum Gasteiger partial charge on any atom is -0.354 e. The maximum atomic E-state index is 11.9. The molecule has 0 saturated carbocycles. The van der Waals surface area contributed by atoms with Crippen LogP contribution < -0.4 is 11.1 Å². The van der Waals surface area contributed by atoms with Crippen molar-refractivity contribution < 1.29 is 4.79 Å². The van der Waals surface area contributed by atoms with Crippen molar-refractivity contribution in [2.45, 2.75) is 51.5 Å². The molecule has 2 aromatic rings. The summed E-state index contributed by atoms with van der Waals surface area (Å²) in [6, 6.07) is 8.13. The van der Waals surface area contributed by atoms with Gasteiger partial charge in [-0.15, -0.1) is 11.3 Å². The first-order chi connectivity index (χ1) is 10.6. The van der Waals surface area contributed by atoms with Crippen molar-refractivity contribution in [3.63, 3.8) is 0 Å². The van der Waals surface area contributed by atoms with E-state index in [2.05, 4.69) is 30.2 Å². The average Bonchev–Trinajstić information content (AvgIpc) is 2.95. The van der Waals surface area contributed by atoms with Crippen LogP contribution in [0.1, 0.15) is 44.5 Å². The molecular formula is C17H25N3OS. The SMILES string of the molecule is CCC(N)(CC)CNC(=O)CCCc1nc2ccccc2s1. The van der Waals surface area contributed by atoms with E-state index in [1.54, 1.807) is 11.3 Å². The predicted molar refractivity (Wildman–Crippen MR) is 93.1 cm³/mol. The zero-order valence-electron chi connectivity index (χ0n) is 13.4. The summed E-state index contributed by atoms with van der Waals surface area (Å²) in [6.07, 6.45) is 3.94. The van der Waals surface area contributed by atoms with Gasteiger partial charge in [-0.25, -0.2) is 4.98 Å². The lowest BCUT2D eigenvalue weighted by atomic mass is 9.94. The minimum absolute atomic E-state index is 0.0813. The number of hydrogen-bond donors (Lipinski definition) is 2. The largest absolute Gasteiger partial charge is 0.354 e. The molecule has 1 heterocycles. The summed E-state index contributed by atoms with van der Waals surface area (Å²) >= 11 is 1.71. The zero-order valence-corrected chi connectivity index (χ0v) is 14.2. The fraction of sp³-hybridized carbons (Fsp3) is 0.529. The number of nitrogens with two attached hydrogens (primary N) is 1. The van der Waals surface area contributed by atoms with Gasteiger partial charge in [-0.3, -0.25) is 4.79 Å². The quantitative estimate of drug-likeness (QED) is 0.785. The van der Waals surface area contributed by atoms with E-state index < -0.39 is 0 Å². The van der Waals surface area contributed by atoms with Crippen LogP contribution in [0, 0.1) is 0 Å². The van der Waals surface area contributed by atoms with Crippen LogP contribution in [-0.4, -0.2) is 23.0 Å². The Labute approximate surface area is 136 Å². The van der Waals surface area contributed by atoms with E-state index in [-0.39, 0.29) is 11.4 Å². The number of nitrogens with one attached hydrogen (secondary N) is 1. The first kappa shape index (κ1) is 16.9. The summed E-state index contributed by atoms with van der Waals surface area (Å²) in [6.45, 7) is 4.67. The highest BCUT2D eigenvalue weighted by Crippen LogP contribution is 2.22. The number of carbonyl (C=O) groups excluding carboxylic acids is 1. The molecule has 3 N–H and O–H groups in total. The molecular weight excluding hydrogens is 294 g/mol. The standard InChI is InChI=1S/C17H25N3OS/c1-3-17(18,4-2)12-19-15(21)10-7-11-16-20-13-8-5-6-9-14(13)22-16/h5-6,8-9H,3-4,7,10-12,18H2,1-2H3,(H,19,21). The first-order valence-electron chi connectivity index (χ1n) is 7.96. The van der Waals surface area contributed by atoms with Crippen molar-refractivity contribution in [3.05, 3.63) is 29.3 Å². The van der Waals surface area contributed by atoms with Gasteiger partial charge in [0.2, 0.25) is 5.91 Å². The molecule has 1 aromatic carbocycles. The molecule has 0 aliphatic rings. The molecule has 0 spiro atoms. The van der Waals surface area contributed by atoms with Gasteiger partial charge in [-0.2, -0.15) is 0 Å². The molecule has 0 aliphatic heterocycles. The molecule has 0 atom stereocenters. The topological polar surface area (TPSA) is 68.0 Å². The van der Waals surface area contributed by atoms with E-state index in [0.29, 0.717) is 13.0 Å². The van der Waals surface area contributed by atoms with Gasteiger partial charge >= 0.3 is 0 Å². The Morgan fingerprint density at radius 2 is 2.05 bits per heavy atom. The second kappa shape index (κ2) is 7.70. The van der Waals surface area contributed by atoms with Crippen LogP contribution in [0.25, 0.3) is 10.2 Å². The van der Waals surface area contributed by atoms with E-state index >= 15 is 0 Å². The number of carbonyl (C=O) groups is 1. The summed E-state index contributed by atoms with van der Waals surface area (Å²) in [5, 5.41) is 4.06. The number of hydrogen-bond acceptors (Lipinski definition) is 4. The van der Waals surface area contributed by atoms with Crippen molar-refractivity contribution in [1.82, 2.24) is 10.3 Å². The van der Waals surface area contributed by atoms with Crippen LogP contribution in [0.3, 0.4) is 0 Å². The monoisotopic (exact) mass is 319 g/mol. The van der Waals surface area contributed by atoms with Crippen molar-refractivity contribution in [2.24, 2.45) is 5.73 Å². The Kier molecular flexibility index (Phi) is 5.91. The third kappa shape index (κ3) is 4.52. The highest BCUT2D eigenvalue weighted by atomic mass is 32.1. The van der Waals surface area contributed by atoms with Crippen LogP contribution >= 0.6 is 11.3 Å². The van der Waals surface area contributed by atoms with Crippen molar-refractivity contribution >= 4 is 27.5 Å². The predicted octanol–water partition coefficient (Wildman–Crippen LogP) is 3.25. The van der Waals surface area contributed by atoms with Crippen LogP contribution in [0.15, 0.2) is 24.3 Å². The van der Waals surface area contributed by atoms with Crippen molar-refractivity contribution in [2.75, 3.05) is 6.54 Å². The molecule has 0 fully saturated rings. The number of para-hydroxylation sites is 1. The number of benzene rings is 1. The third-order valence-electron chi connectivity index (χ3n) is 4.18. The van der Waals surface area contributed by atoms with E-state index in [9.17, 15) is 4.79 Å². The fourth-order valence-corrected chi connectivity index (χ4v) is 3.30. The minimum atomic E-state index is -0.275. The Bertz CT molecular complexity index is 586. The number of aromatic nitrogens is 1. The molecule has 4 nitrogen and oxygen atoms in total. The summed E-state index contributed by atoms with van der Waals surface area (Å²) in [5.41, 5.74) is 6.96. The van der Waals surface area contributed by atoms with Gasteiger partial charge in [-0.1, -0.05) is 26.0 Å². The molecule has 1 aromatic heterocycles. The number of nitrogens with zero attached hydrogens (tertiary/aromatic N) is 1. The highest BCUT2D eigenvalue weighted by molar-refractivity contribution is 7.18. The molecule has 0 bridgehead atoms. The van der Waals surface area contributed by atoms with Crippen molar-refractivity contribution in [3.8, 4) is 0 Å². The zero-order chi connectivity index (χ0) is 16.0. The maximum Gasteiger partial charge on any atom is 0.220 e. The van der Waals surface area contributed by atoms with Crippen LogP contribution in [0.5, 0.6) is 0 Å². The van der Waals surface area contributed by atoms with Gasteiger partial charge in [-0.05, 0) is 37.8 Å². The lowest BCUT2D eigenvalue weighted by Gasteiger charge is -2.26. The molecule has 120 valence electrons. The maximum absolute atomic E-state index is 11.9. The molecule has 2 rings (SSSR count). The van der Waals surface area contributed by atoms with E-state index in [4.69, 9.17) is 5.73 Å². The molecule has 1 amide bonds. The smallest absolute Gasteiger partial charge is 0.220 e. The number of thiazole rings is 1. The fourth-order valence-electron chi connectivity index (χ4n) is 2.29. The molecule has 22 heavy (non-hydrogen) atoms. The summed E-state index contributed by atoms with van der Waals surface area (Å²) in [7, 11) is 0.